The minimum absolute atomic E-state index is 0.0868. The van der Waals surface area contributed by atoms with Crippen molar-refractivity contribution in [3.05, 3.63) is 0 Å². The molecule has 0 aromatic heterocycles. The van der Waals surface area contributed by atoms with Gasteiger partial charge in [0.25, 0.3) is 0 Å². The molecule has 1 saturated heterocycles. The van der Waals surface area contributed by atoms with E-state index in [1.807, 2.05) is 0 Å². The first-order chi connectivity index (χ1) is 11.9. The molecule has 5 atom stereocenters. The van der Waals surface area contributed by atoms with Crippen LogP contribution in [0, 0.1) is 5.92 Å². The summed E-state index contributed by atoms with van der Waals surface area (Å²) in [5.41, 5.74) is 5.33. The molecular formula is C15H28N2O8. The molecule has 1 aliphatic rings. The van der Waals surface area contributed by atoms with Gasteiger partial charge in [-0.3, -0.25) is 4.79 Å². The molecule has 1 heterocycles. The second-order valence-corrected chi connectivity index (χ2v) is 5.98. The molecule has 0 saturated carbocycles. The number of carbonyl (C=O) groups is 2. The maximum Gasteiger partial charge on any atom is 0.407 e. The Labute approximate surface area is 145 Å². The summed E-state index contributed by atoms with van der Waals surface area (Å²) in [6.07, 6.45) is -2.91. The van der Waals surface area contributed by atoms with Gasteiger partial charge in [0.2, 0.25) is 0 Å². The number of hydrogen-bond acceptors (Lipinski definition) is 8. The fraction of sp³-hybridized carbons (Fsp3) is 0.867. The predicted molar refractivity (Wildman–Crippen MR) is 85.8 cm³/mol. The summed E-state index contributed by atoms with van der Waals surface area (Å²) in [6.45, 7) is 0.144. The number of hydrogen-bond donors (Lipinski definition) is 6. The van der Waals surface area contributed by atoms with Gasteiger partial charge >= 0.3 is 12.1 Å². The molecule has 25 heavy (non-hydrogen) atoms. The smallest absolute Gasteiger partial charge is 0.407 e. The van der Waals surface area contributed by atoms with Gasteiger partial charge in [-0.05, 0) is 32.2 Å². The number of carboxylic acids is 1. The predicted octanol–water partition coefficient (Wildman–Crippen LogP) is -1.59. The van der Waals surface area contributed by atoms with E-state index in [-0.39, 0.29) is 32.7 Å². The zero-order chi connectivity index (χ0) is 18.8. The van der Waals surface area contributed by atoms with Crippen molar-refractivity contribution in [1.82, 2.24) is 5.32 Å². The van der Waals surface area contributed by atoms with Crippen molar-refractivity contribution in [2.45, 2.75) is 50.1 Å². The number of aliphatic hydroxyl groups excluding tert-OH is 3. The largest absolute Gasteiger partial charge is 0.481 e. The van der Waals surface area contributed by atoms with Gasteiger partial charge in [0.1, 0.15) is 18.3 Å². The maximum absolute atomic E-state index is 11.5. The third-order valence-corrected chi connectivity index (χ3v) is 4.13. The molecule has 0 spiro atoms. The first-order valence-corrected chi connectivity index (χ1v) is 8.36. The van der Waals surface area contributed by atoms with Crippen LogP contribution in [-0.2, 0) is 14.3 Å². The van der Waals surface area contributed by atoms with Crippen molar-refractivity contribution < 1.29 is 39.5 Å². The van der Waals surface area contributed by atoms with Gasteiger partial charge in [-0.1, -0.05) is 0 Å². The van der Waals surface area contributed by atoms with Gasteiger partial charge in [0, 0.05) is 6.54 Å². The Hall–Kier alpha value is -1.46. The van der Waals surface area contributed by atoms with Crippen LogP contribution in [-0.4, -0.2) is 83.2 Å². The molecule has 0 aromatic rings. The lowest BCUT2D eigenvalue weighted by atomic mass is 10.0. The molecule has 146 valence electrons. The molecular weight excluding hydrogens is 336 g/mol. The average Bonchev–Trinajstić information content (AvgIpc) is 2.85. The van der Waals surface area contributed by atoms with Crippen molar-refractivity contribution in [3.8, 4) is 0 Å². The topological polar surface area (TPSA) is 172 Å². The van der Waals surface area contributed by atoms with Crippen LogP contribution in [0.4, 0.5) is 4.79 Å². The maximum atomic E-state index is 11.5. The number of ether oxygens (including phenoxy) is 2. The first kappa shape index (κ1) is 21.6. The molecule has 1 rings (SSSR count). The summed E-state index contributed by atoms with van der Waals surface area (Å²) in [7, 11) is 0. The lowest BCUT2D eigenvalue weighted by Gasteiger charge is -2.14. The number of rotatable bonds is 11. The molecule has 1 aliphatic heterocycles. The normalized spacial score (nSPS) is 27.0. The molecule has 10 heteroatoms. The van der Waals surface area contributed by atoms with E-state index in [1.165, 1.54) is 0 Å². The lowest BCUT2D eigenvalue weighted by Crippen LogP contribution is -2.34. The lowest BCUT2D eigenvalue weighted by molar-refractivity contribution is -0.142. The molecule has 0 radical (unpaired) electrons. The highest BCUT2D eigenvalue weighted by atomic mass is 16.6. The van der Waals surface area contributed by atoms with Crippen molar-refractivity contribution in [2.75, 3.05) is 26.3 Å². The third-order valence-electron chi connectivity index (χ3n) is 4.13. The molecule has 1 fully saturated rings. The highest BCUT2D eigenvalue weighted by Gasteiger charge is 2.41. The molecule has 0 bridgehead atoms. The number of amides is 1. The number of nitrogens with one attached hydrogen (secondary N) is 1. The van der Waals surface area contributed by atoms with Crippen molar-refractivity contribution >= 4 is 12.1 Å². The second-order valence-electron chi connectivity index (χ2n) is 5.98. The highest BCUT2D eigenvalue weighted by molar-refractivity contribution is 5.70. The number of alkyl carbamates (subject to hydrolysis) is 1. The summed E-state index contributed by atoms with van der Waals surface area (Å²) < 4.78 is 10.3. The van der Waals surface area contributed by atoms with Crippen molar-refractivity contribution in [3.63, 3.8) is 0 Å². The second kappa shape index (κ2) is 11.2. The summed E-state index contributed by atoms with van der Waals surface area (Å²) in [4.78, 5) is 22.4. The Bertz CT molecular complexity index is 422. The number of carbonyl (C=O) groups excluding carboxylic acids is 1. The van der Waals surface area contributed by atoms with Crippen LogP contribution in [0.5, 0.6) is 0 Å². The van der Waals surface area contributed by atoms with E-state index in [0.717, 1.165) is 0 Å². The van der Waals surface area contributed by atoms with Crippen LogP contribution in [0.2, 0.25) is 0 Å². The summed E-state index contributed by atoms with van der Waals surface area (Å²) in [6, 6.07) is 0. The molecule has 0 aromatic carbocycles. The summed E-state index contributed by atoms with van der Waals surface area (Å²) in [5.74, 6) is -1.55. The van der Waals surface area contributed by atoms with E-state index in [4.69, 9.17) is 25.4 Å². The molecule has 1 amide bonds. The minimum Gasteiger partial charge on any atom is -0.481 e. The number of carboxylic acid groups (broad SMARTS) is 1. The minimum atomic E-state index is -1.13. The molecule has 5 unspecified atom stereocenters. The van der Waals surface area contributed by atoms with Gasteiger partial charge in [-0.15, -0.1) is 0 Å². The Morgan fingerprint density at radius 3 is 2.44 bits per heavy atom. The monoisotopic (exact) mass is 364 g/mol. The van der Waals surface area contributed by atoms with Crippen LogP contribution in [0.15, 0.2) is 0 Å². The Morgan fingerprint density at radius 2 is 1.88 bits per heavy atom. The Morgan fingerprint density at radius 1 is 1.20 bits per heavy atom. The molecule has 0 aliphatic carbocycles. The van der Waals surface area contributed by atoms with Crippen LogP contribution < -0.4 is 11.1 Å². The van der Waals surface area contributed by atoms with Gasteiger partial charge < -0.3 is 41.0 Å². The van der Waals surface area contributed by atoms with Gasteiger partial charge in [0.05, 0.1) is 25.2 Å². The summed E-state index contributed by atoms with van der Waals surface area (Å²) >= 11 is 0. The quantitative estimate of drug-likeness (QED) is 0.236. The standard InChI is InChI=1S/C15H28N2O8/c16-5-3-9(14(21)22)4-6-17-15(23)24-7-1-2-10-12(19)13(20)11(8-18)25-10/h9-13,18-20H,1-8,16H2,(H,17,23)(H,21,22). The number of aliphatic carboxylic acids is 1. The zero-order valence-electron chi connectivity index (χ0n) is 14.0. The molecule has 10 nitrogen and oxygen atoms in total. The summed E-state index contributed by atoms with van der Waals surface area (Å²) in [5, 5.41) is 39.8. The van der Waals surface area contributed by atoms with Crippen molar-refractivity contribution in [1.29, 1.82) is 0 Å². The zero-order valence-corrected chi connectivity index (χ0v) is 14.0. The highest BCUT2D eigenvalue weighted by Crippen LogP contribution is 2.24. The number of aliphatic hydroxyl groups is 3. The first-order valence-electron chi connectivity index (χ1n) is 8.36. The van der Waals surface area contributed by atoms with Crippen LogP contribution >= 0.6 is 0 Å². The van der Waals surface area contributed by atoms with E-state index in [2.05, 4.69) is 5.32 Å². The van der Waals surface area contributed by atoms with Gasteiger partial charge in [0.15, 0.2) is 0 Å². The fourth-order valence-electron chi connectivity index (χ4n) is 2.66. The van der Waals surface area contributed by atoms with Crippen molar-refractivity contribution in [2.24, 2.45) is 11.7 Å². The van der Waals surface area contributed by atoms with Crippen LogP contribution in [0.3, 0.4) is 0 Å². The SMILES string of the molecule is NCCC(CCNC(=O)OCCCC1OC(CO)C(O)C1O)C(=O)O. The van der Waals surface area contributed by atoms with Gasteiger partial charge in [-0.25, -0.2) is 4.79 Å². The molecule has 7 N–H and O–H groups in total. The Kier molecular flexibility index (Phi) is 9.68. The van der Waals surface area contributed by atoms with Gasteiger partial charge in [-0.2, -0.15) is 0 Å². The van der Waals surface area contributed by atoms with Crippen LogP contribution in [0.1, 0.15) is 25.7 Å². The van der Waals surface area contributed by atoms with E-state index in [0.29, 0.717) is 19.3 Å². The number of nitrogens with two attached hydrogens (primary N) is 1. The fourth-order valence-corrected chi connectivity index (χ4v) is 2.66. The van der Waals surface area contributed by atoms with E-state index in [9.17, 15) is 19.8 Å². The Balaban J connectivity index is 2.14. The van der Waals surface area contributed by atoms with E-state index < -0.39 is 42.4 Å². The third kappa shape index (κ3) is 7.12. The van der Waals surface area contributed by atoms with Crippen LogP contribution in [0.25, 0.3) is 0 Å². The average molecular weight is 364 g/mol. The van der Waals surface area contributed by atoms with E-state index >= 15 is 0 Å². The van der Waals surface area contributed by atoms with E-state index in [1.54, 1.807) is 0 Å².